The normalized spacial score (nSPS) is 18.7. The van der Waals surface area contributed by atoms with Crippen LogP contribution < -0.4 is 0 Å². The minimum absolute atomic E-state index is 0.263. The van der Waals surface area contributed by atoms with Gasteiger partial charge in [-0.3, -0.25) is 9.78 Å². The van der Waals surface area contributed by atoms with Crippen molar-refractivity contribution in [3.05, 3.63) is 52.5 Å². The van der Waals surface area contributed by atoms with Crippen molar-refractivity contribution in [1.82, 2.24) is 9.88 Å². The molecule has 1 aliphatic heterocycles. The van der Waals surface area contributed by atoms with Gasteiger partial charge in [0.15, 0.2) is 0 Å². The number of amides is 1. The fourth-order valence-electron chi connectivity index (χ4n) is 2.95. The van der Waals surface area contributed by atoms with Crippen molar-refractivity contribution in [2.75, 3.05) is 13.1 Å². The van der Waals surface area contributed by atoms with Gasteiger partial charge in [0, 0.05) is 25.0 Å². The third-order valence-corrected chi connectivity index (χ3v) is 4.76. The summed E-state index contributed by atoms with van der Waals surface area (Å²) in [6.07, 6.45) is 5.66. The number of rotatable bonds is 4. The van der Waals surface area contributed by atoms with Crippen LogP contribution in [0.2, 0.25) is 0 Å². The first-order valence-electron chi connectivity index (χ1n) is 7.50. The van der Waals surface area contributed by atoms with Crippen LogP contribution in [0.5, 0.6) is 0 Å². The Kier molecular flexibility index (Phi) is 4.65. The molecule has 1 atom stereocenters. The summed E-state index contributed by atoms with van der Waals surface area (Å²) in [6, 6.07) is 8.09. The number of thiophene rings is 1. The molecule has 3 heterocycles. The summed E-state index contributed by atoms with van der Waals surface area (Å²) in [5.41, 5.74) is 2.27. The van der Waals surface area contributed by atoms with E-state index >= 15 is 0 Å². The van der Waals surface area contributed by atoms with Crippen molar-refractivity contribution in [3.63, 3.8) is 0 Å². The summed E-state index contributed by atoms with van der Waals surface area (Å²) >= 11 is 1.65. The minimum atomic E-state index is 0.263. The van der Waals surface area contributed by atoms with Crippen LogP contribution in [0, 0.1) is 5.92 Å². The van der Waals surface area contributed by atoms with Crippen LogP contribution in [0.25, 0.3) is 0 Å². The molecule has 4 heteroatoms. The second-order valence-electron chi connectivity index (χ2n) is 5.68. The third kappa shape index (κ3) is 3.91. The first kappa shape index (κ1) is 14.3. The van der Waals surface area contributed by atoms with E-state index in [2.05, 4.69) is 16.4 Å². The minimum Gasteiger partial charge on any atom is -0.342 e. The van der Waals surface area contributed by atoms with Gasteiger partial charge >= 0.3 is 0 Å². The number of carbonyl (C=O) groups excluding carboxylic acids is 1. The highest BCUT2D eigenvalue weighted by Gasteiger charge is 2.24. The van der Waals surface area contributed by atoms with Gasteiger partial charge in [-0.1, -0.05) is 6.07 Å². The number of nitrogens with zero attached hydrogens (tertiary/aromatic N) is 2. The number of carbonyl (C=O) groups is 1. The first-order chi connectivity index (χ1) is 10.3. The summed E-state index contributed by atoms with van der Waals surface area (Å²) in [7, 11) is 0. The number of hydrogen-bond acceptors (Lipinski definition) is 3. The van der Waals surface area contributed by atoms with Gasteiger partial charge in [0.25, 0.3) is 0 Å². The van der Waals surface area contributed by atoms with Crippen LogP contribution >= 0.6 is 11.3 Å². The Morgan fingerprint density at radius 2 is 2.33 bits per heavy atom. The highest BCUT2D eigenvalue weighted by atomic mass is 32.1. The number of aromatic nitrogens is 1. The first-order valence-corrected chi connectivity index (χ1v) is 8.44. The van der Waals surface area contributed by atoms with Crippen molar-refractivity contribution < 1.29 is 4.79 Å². The van der Waals surface area contributed by atoms with E-state index in [4.69, 9.17) is 0 Å². The number of hydrogen-bond donors (Lipinski definition) is 0. The Labute approximate surface area is 129 Å². The lowest BCUT2D eigenvalue weighted by Gasteiger charge is -2.32. The predicted octanol–water partition coefficient (Wildman–Crippen LogP) is 3.17. The summed E-state index contributed by atoms with van der Waals surface area (Å²) in [6.45, 7) is 1.78. The molecule has 0 saturated carbocycles. The molecule has 0 aliphatic carbocycles. The predicted molar refractivity (Wildman–Crippen MR) is 85.3 cm³/mol. The summed E-state index contributed by atoms with van der Waals surface area (Å²) in [5, 5.41) is 4.09. The Morgan fingerprint density at radius 3 is 3.10 bits per heavy atom. The zero-order chi connectivity index (χ0) is 14.5. The van der Waals surface area contributed by atoms with Crippen molar-refractivity contribution >= 4 is 17.2 Å². The fraction of sp³-hybridized carbons (Fsp3) is 0.412. The molecule has 0 bridgehead atoms. The molecular formula is C17H20N2OS. The fourth-order valence-corrected chi connectivity index (χ4v) is 3.62. The lowest BCUT2D eigenvalue weighted by molar-refractivity contribution is -0.132. The summed E-state index contributed by atoms with van der Waals surface area (Å²) in [5.74, 6) is 0.805. The van der Waals surface area contributed by atoms with Gasteiger partial charge in [-0.2, -0.15) is 11.3 Å². The molecule has 1 amide bonds. The zero-order valence-electron chi connectivity index (χ0n) is 12.1. The van der Waals surface area contributed by atoms with Gasteiger partial charge in [-0.15, -0.1) is 0 Å². The molecule has 0 radical (unpaired) electrons. The molecule has 0 spiro atoms. The molecule has 2 aromatic rings. The van der Waals surface area contributed by atoms with Crippen LogP contribution in [0.4, 0.5) is 0 Å². The third-order valence-electron chi connectivity index (χ3n) is 4.03. The van der Waals surface area contributed by atoms with E-state index in [0.717, 1.165) is 37.2 Å². The lowest BCUT2D eigenvalue weighted by atomic mass is 9.93. The second kappa shape index (κ2) is 6.85. The number of piperidine rings is 1. The molecule has 3 nitrogen and oxygen atoms in total. The molecule has 1 aliphatic rings. The van der Waals surface area contributed by atoms with Gasteiger partial charge in [-0.05, 0) is 59.7 Å². The average molecular weight is 300 g/mol. The molecule has 0 N–H and O–H groups in total. The molecule has 21 heavy (non-hydrogen) atoms. The Hall–Kier alpha value is -1.68. The van der Waals surface area contributed by atoms with E-state index in [1.165, 1.54) is 6.42 Å². The molecule has 2 aromatic heterocycles. The molecule has 0 unspecified atom stereocenters. The maximum Gasteiger partial charge on any atom is 0.227 e. The van der Waals surface area contributed by atoms with Crippen LogP contribution in [0.15, 0.2) is 41.2 Å². The van der Waals surface area contributed by atoms with E-state index in [-0.39, 0.29) is 5.91 Å². The molecule has 110 valence electrons. The van der Waals surface area contributed by atoms with E-state index < -0.39 is 0 Å². The van der Waals surface area contributed by atoms with Gasteiger partial charge in [0.1, 0.15) is 0 Å². The quantitative estimate of drug-likeness (QED) is 0.869. The van der Waals surface area contributed by atoms with Gasteiger partial charge in [0.05, 0.1) is 6.42 Å². The highest BCUT2D eigenvalue weighted by Crippen LogP contribution is 2.21. The topological polar surface area (TPSA) is 33.2 Å². The smallest absolute Gasteiger partial charge is 0.227 e. The van der Waals surface area contributed by atoms with E-state index in [9.17, 15) is 4.79 Å². The Bertz CT molecular complexity index is 568. The molecule has 3 rings (SSSR count). The van der Waals surface area contributed by atoms with Crippen molar-refractivity contribution in [1.29, 1.82) is 0 Å². The van der Waals surface area contributed by atoms with Gasteiger partial charge < -0.3 is 4.90 Å². The molecule has 0 aromatic carbocycles. The number of likely N-dealkylation sites (tertiary alicyclic amines) is 1. The van der Waals surface area contributed by atoms with Crippen molar-refractivity contribution in [3.8, 4) is 0 Å². The Balaban J connectivity index is 1.56. The maximum atomic E-state index is 12.4. The maximum absolute atomic E-state index is 12.4. The summed E-state index contributed by atoms with van der Waals surface area (Å²) in [4.78, 5) is 18.8. The lowest BCUT2D eigenvalue weighted by Crippen LogP contribution is -2.41. The van der Waals surface area contributed by atoms with Crippen molar-refractivity contribution in [2.24, 2.45) is 5.92 Å². The van der Waals surface area contributed by atoms with Crippen LogP contribution in [-0.4, -0.2) is 28.9 Å². The van der Waals surface area contributed by atoms with Crippen LogP contribution in [0.1, 0.15) is 24.1 Å². The average Bonchev–Trinajstić information content (AvgIpc) is 3.01. The van der Waals surface area contributed by atoms with Crippen molar-refractivity contribution in [2.45, 2.75) is 25.7 Å². The van der Waals surface area contributed by atoms with Crippen LogP contribution in [0.3, 0.4) is 0 Å². The molecular weight excluding hydrogens is 280 g/mol. The SMILES string of the molecule is O=C(Cc1ccsc1)N1CCC[C@H](Cc2ccccn2)C1. The molecule has 1 saturated heterocycles. The van der Waals surface area contributed by atoms with E-state index in [1.54, 1.807) is 11.3 Å². The largest absolute Gasteiger partial charge is 0.342 e. The highest BCUT2D eigenvalue weighted by molar-refractivity contribution is 7.07. The zero-order valence-corrected chi connectivity index (χ0v) is 12.9. The number of pyridine rings is 1. The standard InChI is InChI=1S/C17H20N2OS/c20-17(11-15-6-9-21-13-15)19-8-3-4-14(12-19)10-16-5-1-2-7-18-16/h1-2,5-7,9,13-14H,3-4,8,10-12H2/t14-/m1/s1. The second-order valence-corrected chi connectivity index (χ2v) is 6.46. The Morgan fingerprint density at radius 1 is 1.38 bits per heavy atom. The van der Waals surface area contributed by atoms with Gasteiger partial charge in [-0.25, -0.2) is 0 Å². The van der Waals surface area contributed by atoms with Gasteiger partial charge in [0.2, 0.25) is 5.91 Å². The monoisotopic (exact) mass is 300 g/mol. The van der Waals surface area contributed by atoms with E-state index in [0.29, 0.717) is 12.3 Å². The van der Waals surface area contributed by atoms with E-state index in [1.807, 2.05) is 34.7 Å². The molecule has 1 fully saturated rings. The summed E-state index contributed by atoms with van der Waals surface area (Å²) < 4.78 is 0. The van der Waals surface area contributed by atoms with Crippen LogP contribution in [-0.2, 0) is 17.6 Å².